The molecule has 0 spiro atoms. The lowest BCUT2D eigenvalue weighted by Crippen LogP contribution is -2.19. The molecule has 2 amide bonds. The third-order valence-electron chi connectivity index (χ3n) is 3.11. The van der Waals surface area contributed by atoms with Crippen LogP contribution in [0.25, 0.3) is 0 Å². The number of carbonyl (C=O) groups excluding carboxylic acids is 1. The number of urea groups is 1. The van der Waals surface area contributed by atoms with Crippen LogP contribution in [0.5, 0.6) is 17.2 Å². The summed E-state index contributed by atoms with van der Waals surface area (Å²) in [4.78, 5) is 12.2. The highest BCUT2D eigenvalue weighted by molar-refractivity contribution is 9.10. The molecular weight excluding hydrogens is 376 g/mol. The molecule has 0 bridgehead atoms. The van der Waals surface area contributed by atoms with Crippen molar-refractivity contribution in [3.8, 4) is 17.2 Å². The van der Waals surface area contributed by atoms with Crippen molar-refractivity contribution in [3.63, 3.8) is 0 Å². The molecule has 0 atom stereocenters. The molecule has 0 saturated heterocycles. The van der Waals surface area contributed by atoms with Crippen molar-refractivity contribution in [2.45, 2.75) is 6.92 Å². The minimum atomic E-state index is -0.380. The zero-order valence-corrected chi connectivity index (χ0v) is 15.3. The quantitative estimate of drug-likeness (QED) is 0.755. The zero-order chi connectivity index (χ0) is 17.5. The molecule has 2 rings (SSSR count). The number of benzene rings is 2. The van der Waals surface area contributed by atoms with Crippen LogP contribution in [0.15, 0.2) is 40.9 Å². The summed E-state index contributed by atoms with van der Waals surface area (Å²) >= 11 is 3.39. The van der Waals surface area contributed by atoms with E-state index in [0.717, 1.165) is 0 Å². The van der Waals surface area contributed by atoms with Crippen LogP contribution in [-0.2, 0) is 0 Å². The van der Waals surface area contributed by atoms with Crippen molar-refractivity contribution in [2.24, 2.45) is 0 Å². The molecule has 24 heavy (non-hydrogen) atoms. The van der Waals surface area contributed by atoms with Crippen LogP contribution in [0.3, 0.4) is 0 Å². The minimum Gasteiger partial charge on any atom is -0.495 e. The number of carbonyl (C=O) groups is 1. The van der Waals surface area contributed by atoms with Gasteiger partial charge in [-0.15, -0.1) is 0 Å². The van der Waals surface area contributed by atoms with E-state index in [1.54, 1.807) is 38.5 Å². The molecule has 0 aliphatic rings. The smallest absolute Gasteiger partial charge is 0.323 e. The first kappa shape index (κ1) is 17.9. The highest BCUT2D eigenvalue weighted by Gasteiger charge is 2.12. The first-order chi connectivity index (χ1) is 11.6. The van der Waals surface area contributed by atoms with Crippen molar-refractivity contribution in [1.29, 1.82) is 0 Å². The summed E-state index contributed by atoms with van der Waals surface area (Å²) in [5.41, 5.74) is 1.18. The second-order valence-corrected chi connectivity index (χ2v) is 5.53. The van der Waals surface area contributed by atoms with E-state index in [9.17, 15) is 4.79 Å². The van der Waals surface area contributed by atoms with Crippen molar-refractivity contribution in [3.05, 3.63) is 40.9 Å². The predicted octanol–water partition coefficient (Wildman–Crippen LogP) is 4.51. The van der Waals surface area contributed by atoms with Gasteiger partial charge in [0.25, 0.3) is 0 Å². The Bertz CT molecular complexity index is 696. The maximum absolute atomic E-state index is 12.2. The topological polar surface area (TPSA) is 68.8 Å². The Hall–Kier alpha value is -2.41. The third kappa shape index (κ3) is 4.55. The van der Waals surface area contributed by atoms with Crippen molar-refractivity contribution >= 4 is 33.3 Å². The molecule has 0 fully saturated rings. The van der Waals surface area contributed by atoms with E-state index in [1.807, 2.05) is 19.1 Å². The van der Waals surface area contributed by atoms with Gasteiger partial charge in [-0.2, -0.15) is 0 Å². The molecule has 0 aliphatic heterocycles. The molecule has 7 heteroatoms. The summed E-state index contributed by atoms with van der Waals surface area (Å²) in [6.45, 7) is 2.47. The van der Waals surface area contributed by atoms with Crippen molar-refractivity contribution < 1.29 is 19.0 Å². The maximum atomic E-state index is 12.2. The van der Waals surface area contributed by atoms with Crippen LogP contribution in [0.4, 0.5) is 16.2 Å². The number of ether oxygens (including phenoxy) is 3. The molecular formula is C17H19BrN2O4. The number of hydrogen-bond acceptors (Lipinski definition) is 4. The fraction of sp³-hybridized carbons (Fsp3) is 0.235. The summed E-state index contributed by atoms with van der Waals surface area (Å²) in [6, 6.07) is 10.2. The number of anilines is 2. The van der Waals surface area contributed by atoms with E-state index in [2.05, 4.69) is 26.6 Å². The summed E-state index contributed by atoms with van der Waals surface area (Å²) < 4.78 is 16.6. The van der Waals surface area contributed by atoms with Crippen LogP contribution in [-0.4, -0.2) is 26.9 Å². The van der Waals surface area contributed by atoms with Crippen LogP contribution in [0.1, 0.15) is 6.92 Å². The predicted molar refractivity (Wildman–Crippen MR) is 97.5 cm³/mol. The Labute approximate surface area is 149 Å². The summed E-state index contributed by atoms with van der Waals surface area (Å²) in [6.07, 6.45) is 0. The van der Waals surface area contributed by atoms with E-state index in [4.69, 9.17) is 14.2 Å². The Morgan fingerprint density at radius 2 is 1.67 bits per heavy atom. The monoisotopic (exact) mass is 394 g/mol. The van der Waals surface area contributed by atoms with Gasteiger partial charge in [0, 0.05) is 29.6 Å². The fourth-order valence-corrected chi connectivity index (χ4v) is 2.62. The Morgan fingerprint density at radius 1 is 1.04 bits per heavy atom. The molecule has 0 heterocycles. The van der Waals surface area contributed by atoms with Gasteiger partial charge in [-0.25, -0.2) is 4.79 Å². The molecule has 2 aromatic rings. The number of rotatable bonds is 6. The summed E-state index contributed by atoms with van der Waals surface area (Å²) in [5, 5.41) is 5.50. The van der Waals surface area contributed by atoms with E-state index in [0.29, 0.717) is 39.7 Å². The van der Waals surface area contributed by atoms with Crippen molar-refractivity contribution in [2.75, 3.05) is 31.5 Å². The van der Waals surface area contributed by atoms with Gasteiger partial charge in [0.05, 0.1) is 20.8 Å². The first-order valence-corrected chi connectivity index (χ1v) is 8.09. The van der Waals surface area contributed by atoms with Gasteiger partial charge in [0.2, 0.25) is 0 Å². The van der Waals surface area contributed by atoms with E-state index in [1.165, 1.54) is 0 Å². The number of halogens is 1. The summed E-state index contributed by atoms with van der Waals surface area (Å²) in [5.74, 6) is 1.81. The average Bonchev–Trinajstić information content (AvgIpc) is 2.56. The van der Waals surface area contributed by atoms with Gasteiger partial charge in [0.1, 0.15) is 21.7 Å². The highest BCUT2D eigenvalue weighted by atomic mass is 79.9. The van der Waals surface area contributed by atoms with Gasteiger partial charge in [-0.3, -0.25) is 0 Å². The second kappa shape index (κ2) is 8.44. The molecule has 128 valence electrons. The number of methoxy groups -OCH3 is 2. The van der Waals surface area contributed by atoms with Crippen LogP contribution >= 0.6 is 15.9 Å². The number of hydrogen-bond donors (Lipinski definition) is 2. The van der Waals surface area contributed by atoms with Gasteiger partial charge in [-0.05, 0) is 35.0 Å². The lowest BCUT2D eigenvalue weighted by molar-refractivity contribution is 0.262. The third-order valence-corrected chi connectivity index (χ3v) is 3.89. The molecule has 2 aromatic carbocycles. The molecule has 6 nitrogen and oxygen atoms in total. The maximum Gasteiger partial charge on any atom is 0.323 e. The largest absolute Gasteiger partial charge is 0.495 e. The fourth-order valence-electron chi connectivity index (χ4n) is 2.07. The lowest BCUT2D eigenvalue weighted by atomic mass is 10.2. The average molecular weight is 395 g/mol. The van der Waals surface area contributed by atoms with E-state index >= 15 is 0 Å². The molecule has 2 N–H and O–H groups in total. The normalized spacial score (nSPS) is 10.0. The Morgan fingerprint density at radius 3 is 2.25 bits per heavy atom. The van der Waals surface area contributed by atoms with Crippen LogP contribution in [0, 0.1) is 0 Å². The summed E-state index contributed by atoms with van der Waals surface area (Å²) in [7, 11) is 3.09. The molecule has 0 saturated carbocycles. The van der Waals surface area contributed by atoms with E-state index in [-0.39, 0.29) is 6.03 Å². The molecule has 0 aliphatic carbocycles. The molecule has 0 unspecified atom stereocenters. The van der Waals surface area contributed by atoms with Gasteiger partial charge >= 0.3 is 6.03 Å². The SMILES string of the molecule is CCOc1cccc(NC(=O)Nc2cc(OC)c(Br)c(OC)c2)c1. The van der Waals surface area contributed by atoms with Gasteiger partial charge in [-0.1, -0.05) is 6.07 Å². The van der Waals surface area contributed by atoms with Gasteiger partial charge in [0.15, 0.2) is 0 Å². The standard InChI is InChI=1S/C17H19BrN2O4/c1-4-24-13-7-5-6-11(8-13)19-17(21)20-12-9-14(22-2)16(18)15(10-12)23-3/h5-10H,4H2,1-3H3,(H2,19,20,21). The zero-order valence-electron chi connectivity index (χ0n) is 13.7. The minimum absolute atomic E-state index is 0.380. The highest BCUT2D eigenvalue weighted by Crippen LogP contribution is 2.37. The van der Waals surface area contributed by atoms with Crippen LogP contribution < -0.4 is 24.8 Å². The molecule has 0 radical (unpaired) electrons. The Kier molecular flexibility index (Phi) is 6.31. The Balaban J connectivity index is 2.11. The molecule has 0 aromatic heterocycles. The van der Waals surface area contributed by atoms with Crippen molar-refractivity contribution in [1.82, 2.24) is 0 Å². The lowest BCUT2D eigenvalue weighted by Gasteiger charge is -2.13. The second-order valence-electron chi connectivity index (χ2n) is 4.73. The van der Waals surface area contributed by atoms with E-state index < -0.39 is 0 Å². The van der Waals surface area contributed by atoms with Gasteiger partial charge < -0.3 is 24.8 Å². The first-order valence-electron chi connectivity index (χ1n) is 7.29. The number of nitrogens with one attached hydrogen (secondary N) is 2. The van der Waals surface area contributed by atoms with Crippen LogP contribution in [0.2, 0.25) is 0 Å². The number of amides is 2.